The molecule has 0 radical (unpaired) electrons. The Bertz CT molecular complexity index is 589. The molecule has 20 heavy (non-hydrogen) atoms. The molecular formula is C17H22N2S. The largest absolute Gasteiger partial charge is 0.389 e. The minimum atomic E-state index is 0.635. The average molecular weight is 286 g/mol. The van der Waals surface area contributed by atoms with E-state index >= 15 is 0 Å². The summed E-state index contributed by atoms with van der Waals surface area (Å²) in [5, 5.41) is 2.12. The topological polar surface area (TPSA) is 38.9 Å². The maximum Gasteiger partial charge on any atom is 0.114 e. The molecule has 106 valence electrons. The molecule has 1 fully saturated rings. The highest BCUT2D eigenvalue weighted by molar-refractivity contribution is 7.16. The quantitative estimate of drug-likeness (QED) is 0.838. The van der Waals surface area contributed by atoms with Gasteiger partial charge in [-0.1, -0.05) is 36.5 Å². The number of thiazole rings is 1. The molecule has 1 aliphatic rings. The maximum absolute atomic E-state index is 6.24. The summed E-state index contributed by atoms with van der Waals surface area (Å²) in [6.45, 7) is 4.25. The second-order valence-corrected chi connectivity index (χ2v) is 7.04. The molecule has 2 N–H and O–H groups in total. The number of aryl methyl sites for hydroxylation is 2. The first-order chi connectivity index (χ1) is 9.63. The van der Waals surface area contributed by atoms with Gasteiger partial charge in [0, 0.05) is 11.5 Å². The fourth-order valence-electron chi connectivity index (χ4n) is 3.19. The van der Waals surface area contributed by atoms with Crippen LogP contribution in [0.15, 0.2) is 18.2 Å². The normalized spacial score (nSPS) is 16.5. The first-order valence-corrected chi connectivity index (χ1v) is 8.30. The molecule has 1 saturated carbocycles. The van der Waals surface area contributed by atoms with Crippen molar-refractivity contribution in [3.8, 4) is 11.3 Å². The van der Waals surface area contributed by atoms with Crippen molar-refractivity contribution < 1.29 is 0 Å². The van der Waals surface area contributed by atoms with Crippen molar-refractivity contribution in [1.82, 2.24) is 4.98 Å². The van der Waals surface area contributed by atoms with Gasteiger partial charge in [-0.25, -0.2) is 4.98 Å². The summed E-state index contributed by atoms with van der Waals surface area (Å²) >= 11 is 1.69. The Labute approximate surface area is 125 Å². The zero-order valence-electron chi connectivity index (χ0n) is 12.3. The van der Waals surface area contributed by atoms with Gasteiger partial charge in [0.05, 0.1) is 5.01 Å². The van der Waals surface area contributed by atoms with Crippen molar-refractivity contribution in [2.45, 2.75) is 51.9 Å². The van der Waals surface area contributed by atoms with Gasteiger partial charge in [0.25, 0.3) is 0 Å². The third-order valence-electron chi connectivity index (χ3n) is 4.12. The Hall–Kier alpha value is -1.35. The van der Waals surface area contributed by atoms with Crippen molar-refractivity contribution in [3.05, 3.63) is 34.3 Å². The van der Waals surface area contributed by atoms with Crippen molar-refractivity contribution >= 4 is 16.3 Å². The molecular weight excluding hydrogens is 264 g/mol. The van der Waals surface area contributed by atoms with Crippen LogP contribution in [0.2, 0.25) is 0 Å². The maximum atomic E-state index is 6.24. The number of nitrogen functional groups attached to an aromatic ring is 1. The third-order valence-corrected chi connectivity index (χ3v) is 5.17. The minimum Gasteiger partial charge on any atom is -0.389 e. The summed E-state index contributed by atoms with van der Waals surface area (Å²) in [4.78, 5) is 4.88. The molecule has 0 bridgehead atoms. The number of benzene rings is 1. The third kappa shape index (κ3) is 2.73. The molecule has 0 aliphatic heterocycles. The second-order valence-electron chi connectivity index (χ2n) is 5.98. The molecule has 1 aliphatic carbocycles. The molecule has 3 rings (SSSR count). The van der Waals surface area contributed by atoms with E-state index in [0.717, 1.165) is 10.7 Å². The minimum absolute atomic E-state index is 0.635. The zero-order chi connectivity index (χ0) is 14.1. The van der Waals surface area contributed by atoms with Crippen LogP contribution in [0, 0.1) is 13.8 Å². The number of hydrogen-bond acceptors (Lipinski definition) is 3. The molecule has 1 heterocycles. The molecule has 0 amide bonds. The van der Waals surface area contributed by atoms with Gasteiger partial charge in [-0.15, -0.1) is 11.3 Å². The van der Waals surface area contributed by atoms with Crippen LogP contribution in [0.1, 0.15) is 54.2 Å². The lowest BCUT2D eigenvalue weighted by molar-refractivity contribution is 0.442. The lowest BCUT2D eigenvalue weighted by Crippen LogP contribution is -2.03. The van der Waals surface area contributed by atoms with Crippen molar-refractivity contribution in [2.24, 2.45) is 0 Å². The average Bonchev–Trinajstić information content (AvgIpc) is 2.81. The lowest BCUT2D eigenvalue weighted by atomic mass is 9.90. The van der Waals surface area contributed by atoms with Crippen LogP contribution < -0.4 is 5.73 Å². The molecule has 1 aromatic heterocycles. The summed E-state index contributed by atoms with van der Waals surface area (Å²) < 4.78 is 0. The summed E-state index contributed by atoms with van der Waals surface area (Å²) in [6.07, 6.45) is 6.60. The Morgan fingerprint density at radius 3 is 2.35 bits per heavy atom. The van der Waals surface area contributed by atoms with E-state index in [1.807, 2.05) is 0 Å². The highest BCUT2D eigenvalue weighted by atomic mass is 32.1. The Morgan fingerprint density at radius 1 is 1.05 bits per heavy atom. The summed E-state index contributed by atoms with van der Waals surface area (Å²) in [6, 6.07) is 6.56. The fraction of sp³-hybridized carbons (Fsp3) is 0.471. The molecule has 3 heteroatoms. The lowest BCUT2D eigenvalue weighted by Gasteiger charge is -2.18. The van der Waals surface area contributed by atoms with Gasteiger partial charge in [0.15, 0.2) is 0 Å². The highest BCUT2D eigenvalue weighted by Gasteiger charge is 2.21. The van der Waals surface area contributed by atoms with Crippen LogP contribution >= 0.6 is 11.3 Å². The van der Waals surface area contributed by atoms with Gasteiger partial charge in [-0.2, -0.15) is 0 Å². The van der Waals surface area contributed by atoms with E-state index in [9.17, 15) is 0 Å². The molecule has 0 saturated heterocycles. The monoisotopic (exact) mass is 286 g/mol. The summed E-state index contributed by atoms with van der Waals surface area (Å²) in [7, 11) is 0. The van der Waals surface area contributed by atoms with Crippen LogP contribution in [0.4, 0.5) is 5.00 Å². The van der Waals surface area contributed by atoms with Gasteiger partial charge in [-0.05, 0) is 38.8 Å². The van der Waals surface area contributed by atoms with Crippen molar-refractivity contribution in [3.63, 3.8) is 0 Å². The molecule has 2 aromatic rings. The standard InChI is InChI=1S/C17H22N2S/c1-11-8-12(2)10-14(9-11)15-16(18)20-17(19-15)13-6-4-3-5-7-13/h8-10,13H,3-7,18H2,1-2H3. The molecule has 1 aromatic carbocycles. The van der Waals surface area contributed by atoms with E-state index in [0.29, 0.717) is 5.92 Å². The van der Waals surface area contributed by atoms with E-state index in [2.05, 4.69) is 32.0 Å². The number of hydrogen-bond donors (Lipinski definition) is 1. The fourth-order valence-corrected chi connectivity index (χ4v) is 4.22. The SMILES string of the molecule is Cc1cc(C)cc(-c2nc(C3CCCCC3)sc2N)c1. The van der Waals surface area contributed by atoms with Crippen LogP contribution in [0.5, 0.6) is 0 Å². The van der Waals surface area contributed by atoms with Crippen molar-refractivity contribution in [2.75, 3.05) is 5.73 Å². The van der Waals surface area contributed by atoms with E-state index in [1.54, 1.807) is 11.3 Å². The Balaban J connectivity index is 1.95. The van der Waals surface area contributed by atoms with Crippen molar-refractivity contribution in [1.29, 1.82) is 0 Å². The summed E-state index contributed by atoms with van der Waals surface area (Å²) in [5.74, 6) is 0.635. The van der Waals surface area contributed by atoms with Gasteiger partial charge in [0.2, 0.25) is 0 Å². The highest BCUT2D eigenvalue weighted by Crippen LogP contribution is 2.39. The second kappa shape index (κ2) is 5.57. The number of nitrogens with two attached hydrogens (primary N) is 1. The molecule has 0 atom stereocenters. The van der Waals surface area contributed by atoms with Gasteiger partial charge in [-0.3, -0.25) is 0 Å². The van der Waals surface area contributed by atoms with E-state index in [4.69, 9.17) is 10.7 Å². The Morgan fingerprint density at radius 2 is 1.70 bits per heavy atom. The number of nitrogens with zero attached hydrogens (tertiary/aromatic N) is 1. The smallest absolute Gasteiger partial charge is 0.114 e. The predicted molar refractivity (Wildman–Crippen MR) is 87.3 cm³/mol. The predicted octanol–water partition coefficient (Wildman–Crippen LogP) is 5.06. The van der Waals surface area contributed by atoms with Crippen LogP contribution in [-0.4, -0.2) is 4.98 Å². The van der Waals surface area contributed by atoms with E-state index < -0.39 is 0 Å². The van der Waals surface area contributed by atoms with E-state index in [-0.39, 0.29) is 0 Å². The van der Waals surface area contributed by atoms with Gasteiger partial charge in [0.1, 0.15) is 10.7 Å². The first kappa shape index (κ1) is 13.6. The van der Waals surface area contributed by atoms with E-state index in [1.165, 1.54) is 53.8 Å². The number of aromatic nitrogens is 1. The molecule has 0 unspecified atom stereocenters. The van der Waals surface area contributed by atoms with Gasteiger partial charge >= 0.3 is 0 Å². The molecule has 2 nitrogen and oxygen atoms in total. The van der Waals surface area contributed by atoms with Crippen LogP contribution in [0.25, 0.3) is 11.3 Å². The summed E-state index contributed by atoms with van der Waals surface area (Å²) in [5.41, 5.74) is 10.9. The van der Waals surface area contributed by atoms with Crippen LogP contribution in [0.3, 0.4) is 0 Å². The van der Waals surface area contributed by atoms with Gasteiger partial charge < -0.3 is 5.73 Å². The Kier molecular flexibility index (Phi) is 3.79. The number of anilines is 1. The number of rotatable bonds is 2. The first-order valence-electron chi connectivity index (χ1n) is 7.48. The van der Waals surface area contributed by atoms with Crippen LogP contribution in [-0.2, 0) is 0 Å². The molecule has 0 spiro atoms. The zero-order valence-corrected chi connectivity index (χ0v) is 13.1.